The summed E-state index contributed by atoms with van der Waals surface area (Å²) in [6.45, 7) is 1.66. The number of nitro groups is 1. The molecule has 1 amide bonds. The van der Waals surface area contributed by atoms with Crippen LogP contribution in [0.3, 0.4) is 0 Å². The van der Waals surface area contributed by atoms with Gasteiger partial charge in [0, 0.05) is 6.07 Å². The lowest BCUT2D eigenvalue weighted by atomic mass is 10.2. The molecule has 0 unspecified atom stereocenters. The predicted octanol–water partition coefficient (Wildman–Crippen LogP) is 1.98. The van der Waals surface area contributed by atoms with Gasteiger partial charge >= 0.3 is 0 Å². The van der Waals surface area contributed by atoms with Gasteiger partial charge < -0.3 is 5.32 Å². The van der Waals surface area contributed by atoms with Crippen LogP contribution >= 0.6 is 0 Å². The lowest BCUT2D eigenvalue weighted by molar-refractivity contribution is -0.383. The highest BCUT2D eigenvalue weighted by Crippen LogP contribution is 2.25. The molecule has 0 aliphatic rings. The van der Waals surface area contributed by atoms with Crippen molar-refractivity contribution in [2.75, 3.05) is 5.32 Å². The van der Waals surface area contributed by atoms with Crippen molar-refractivity contribution in [3.63, 3.8) is 0 Å². The summed E-state index contributed by atoms with van der Waals surface area (Å²) < 4.78 is 0. The fraction of sp³-hybridized carbons (Fsp3) is 0.0909. The Morgan fingerprint density at radius 3 is 2.82 bits per heavy atom. The van der Waals surface area contributed by atoms with Crippen LogP contribution < -0.4 is 5.32 Å². The van der Waals surface area contributed by atoms with Crippen molar-refractivity contribution in [1.82, 2.24) is 0 Å². The summed E-state index contributed by atoms with van der Waals surface area (Å²) in [6, 6.07) is 5.65. The van der Waals surface area contributed by atoms with E-state index in [4.69, 9.17) is 5.26 Å². The Morgan fingerprint density at radius 1 is 1.59 bits per heavy atom. The monoisotopic (exact) mass is 231 g/mol. The minimum absolute atomic E-state index is 0.0668. The summed E-state index contributed by atoms with van der Waals surface area (Å²) in [5.74, 6) is -0.458. The molecule has 0 fully saturated rings. The van der Waals surface area contributed by atoms with E-state index in [-0.39, 0.29) is 16.9 Å². The maximum Gasteiger partial charge on any atom is 0.294 e. The number of anilines is 1. The largest absolute Gasteiger partial charge is 0.317 e. The van der Waals surface area contributed by atoms with E-state index in [0.717, 1.165) is 6.07 Å². The summed E-state index contributed by atoms with van der Waals surface area (Å²) >= 11 is 0. The molecule has 0 aliphatic carbocycles. The number of nitrogens with zero attached hydrogens (tertiary/aromatic N) is 2. The average molecular weight is 231 g/mol. The molecule has 0 aromatic heterocycles. The molecule has 0 heterocycles. The number of rotatable bonds is 3. The quantitative estimate of drug-likeness (QED) is 0.488. The number of nitrogens with one attached hydrogen (secondary N) is 1. The molecule has 86 valence electrons. The molecule has 0 radical (unpaired) electrons. The van der Waals surface area contributed by atoms with E-state index in [1.807, 2.05) is 0 Å². The zero-order valence-electron chi connectivity index (χ0n) is 9.01. The summed E-state index contributed by atoms with van der Waals surface area (Å²) in [5.41, 5.74) is -0.0697. The predicted molar refractivity (Wildman–Crippen MR) is 61.3 cm³/mol. The van der Waals surface area contributed by atoms with Gasteiger partial charge in [-0.1, -0.05) is 6.08 Å². The first-order valence-electron chi connectivity index (χ1n) is 4.70. The third-order valence-corrected chi connectivity index (χ3v) is 1.90. The molecule has 0 saturated heterocycles. The number of allylic oxidation sites excluding steroid dienone is 1. The Balaban J connectivity index is 3.12. The van der Waals surface area contributed by atoms with Crippen molar-refractivity contribution in [2.24, 2.45) is 0 Å². The molecule has 6 nitrogen and oxygen atoms in total. The number of carbonyl (C=O) groups excluding carboxylic acids is 1. The Kier molecular flexibility index (Phi) is 3.95. The smallest absolute Gasteiger partial charge is 0.294 e. The number of amides is 1. The molecular weight excluding hydrogens is 222 g/mol. The van der Waals surface area contributed by atoms with Gasteiger partial charge in [-0.3, -0.25) is 14.9 Å². The van der Waals surface area contributed by atoms with Crippen molar-refractivity contribution >= 4 is 17.3 Å². The van der Waals surface area contributed by atoms with Crippen LogP contribution in [0.2, 0.25) is 0 Å². The minimum Gasteiger partial charge on any atom is -0.317 e. The normalized spacial score (nSPS) is 9.88. The van der Waals surface area contributed by atoms with Gasteiger partial charge in [0.1, 0.15) is 5.69 Å². The average Bonchev–Trinajstić information content (AvgIpc) is 2.29. The molecule has 0 spiro atoms. The molecule has 1 rings (SSSR count). The first-order chi connectivity index (χ1) is 8.08. The van der Waals surface area contributed by atoms with Gasteiger partial charge in [-0.15, -0.1) is 0 Å². The summed E-state index contributed by atoms with van der Waals surface area (Å²) in [7, 11) is 0. The summed E-state index contributed by atoms with van der Waals surface area (Å²) in [6.07, 6.45) is 2.77. The zero-order valence-corrected chi connectivity index (χ0v) is 9.01. The molecule has 17 heavy (non-hydrogen) atoms. The summed E-state index contributed by atoms with van der Waals surface area (Å²) in [4.78, 5) is 21.4. The van der Waals surface area contributed by atoms with E-state index in [1.54, 1.807) is 13.0 Å². The molecule has 0 saturated carbocycles. The molecular formula is C11H9N3O3. The van der Waals surface area contributed by atoms with Crippen molar-refractivity contribution in [2.45, 2.75) is 6.92 Å². The maximum absolute atomic E-state index is 11.3. The second-order valence-electron chi connectivity index (χ2n) is 3.09. The number of nitriles is 1. The standard InChI is InChI=1S/C11H9N3O3/c1-2-3-11(15)13-9-5-4-8(7-12)6-10(9)14(16)17/h2-6H,1H3,(H,13,15)/b3-2+. The molecule has 1 aromatic rings. The number of hydrogen-bond acceptors (Lipinski definition) is 4. The second-order valence-corrected chi connectivity index (χ2v) is 3.09. The van der Waals surface area contributed by atoms with E-state index < -0.39 is 10.8 Å². The van der Waals surface area contributed by atoms with Crippen LogP contribution in [0.5, 0.6) is 0 Å². The highest BCUT2D eigenvalue weighted by atomic mass is 16.6. The Hall–Kier alpha value is -2.68. The van der Waals surface area contributed by atoms with E-state index in [2.05, 4.69) is 5.32 Å². The van der Waals surface area contributed by atoms with Crippen molar-refractivity contribution in [3.05, 3.63) is 46.0 Å². The van der Waals surface area contributed by atoms with Gasteiger partial charge in [0.05, 0.1) is 16.6 Å². The van der Waals surface area contributed by atoms with Crippen LogP contribution in [0.25, 0.3) is 0 Å². The van der Waals surface area contributed by atoms with Crippen molar-refractivity contribution in [3.8, 4) is 6.07 Å². The second kappa shape index (κ2) is 5.42. The van der Waals surface area contributed by atoms with E-state index in [9.17, 15) is 14.9 Å². The summed E-state index contributed by atoms with van der Waals surface area (Å²) in [5, 5.41) is 21.8. The lowest BCUT2D eigenvalue weighted by Gasteiger charge is -2.03. The van der Waals surface area contributed by atoms with Crippen molar-refractivity contribution in [1.29, 1.82) is 5.26 Å². The number of carbonyl (C=O) groups is 1. The third kappa shape index (κ3) is 3.14. The molecule has 0 bridgehead atoms. The van der Waals surface area contributed by atoms with Crippen LogP contribution in [0.4, 0.5) is 11.4 Å². The zero-order chi connectivity index (χ0) is 12.8. The topological polar surface area (TPSA) is 96.0 Å². The van der Waals surface area contributed by atoms with Gasteiger partial charge in [0.15, 0.2) is 0 Å². The highest BCUT2D eigenvalue weighted by Gasteiger charge is 2.15. The molecule has 1 N–H and O–H groups in total. The Morgan fingerprint density at radius 2 is 2.29 bits per heavy atom. The van der Waals surface area contributed by atoms with Crippen LogP contribution in [-0.4, -0.2) is 10.8 Å². The first-order valence-corrected chi connectivity index (χ1v) is 4.70. The van der Waals surface area contributed by atoms with Crippen LogP contribution in [0, 0.1) is 21.4 Å². The number of benzene rings is 1. The van der Waals surface area contributed by atoms with Gasteiger partial charge in [0.2, 0.25) is 5.91 Å². The maximum atomic E-state index is 11.3. The molecule has 6 heteroatoms. The van der Waals surface area contributed by atoms with Crippen LogP contribution in [0.1, 0.15) is 12.5 Å². The minimum atomic E-state index is -0.647. The highest BCUT2D eigenvalue weighted by molar-refractivity contribution is 6.00. The molecule has 1 aromatic carbocycles. The van der Waals surface area contributed by atoms with E-state index >= 15 is 0 Å². The lowest BCUT2D eigenvalue weighted by Crippen LogP contribution is -2.09. The molecule has 0 aliphatic heterocycles. The van der Waals surface area contributed by atoms with Crippen LogP contribution in [-0.2, 0) is 4.79 Å². The van der Waals surface area contributed by atoms with Crippen LogP contribution in [0.15, 0.2) is 30.4 Å². The van der Waals surface area contributed by atoms with Gasteiger partial charge in [-0.25, -0.2) is 0 Å². The first kappa shape index (κ1) is 12.4. The number of nitro benzene ring substituents is 1. The third-order valence-electron chi connectivity index (χ3n) is 1.90. The van der Waals surface area contributed by atoms with E-state index in [1.165, 1.54) is 24.3 Å². The fourth-order valence-electron chi connectivity index (χ4n) is 1.18. The van der Waals surface area contributed by atoms with Gasteiger partial charge in [0.25, 0.3) is 5.69 Å². The SMILES string of the molecule is C/C=C/C(=O)Nc1ccc(C#N)cc1[N+](=O)[O-]. The van der Waals surface area contributed by atoms with Gasteiger partial charge in [-0.05, 0) is 25.1 Å². The Labute approximate surface area is 97.3 Å². The number of hydrogen-bond donors (Lipinski definition) is 1. The molecule has 0 atom stereocenters. The van der Waals surface area contributed by atoms with Gasteiger partial charge in [-0.2, -0.15) is 5.26 Å². The van der Waals surface area contributed by atoms with E-state index in [0.29, 0.717) is 0 Å². The fourth-order valence-corrected chi connectivity index (χ4v) is 1.18. The Bertz CT molecular complexity index is 529. The van der Waals surface area contributed by atoms with Crippen molar-refractivity contribution < 1.29 is 9.72 Å².